The van der Waals surface area contributed by atoms with Crippen LogP contribution in [-0.2, 0) is 32.6 Å². The van der Waals surface area contributed by atoms with Gasteiger partial charge in [-0.1, -0.05) is 109 Å². The van der Waals surface area contributed by atoms with Crippen molar-refractivity contribution < 1.29 is 18.0 Å². The lowest BCUT2D eigenvalue weighted by molar-refractivity contribution is -0.140. The number of amides is 2. The van der Waals surface area contributed by atoms with E-state index < -0.39 is 28.5 Å². The minimum absolute atomic E-state index is 0.0430. The third-order valence-corrected chi connectivity index (χ3v) is 9.44. The Balaban J connectivity index is 1.79. The first kappa shape index (κ1) is 33.7. The first-order chi connectivity index (χ1) is 21.4. The summed E-state index contributed by atoms with van der Waals surface area (Å²) in [5.41, 5.74) is 3.90. The van der Waals surface area contributed by atoms with Crippen LogP contribution in [0.2, 0.25) is 5.02 Å². The molecular formula is C36H40ClN3O4S. The maximum absolute atomic E-state index is 14.5. The van der Waals surface area contributed by atoms with E-state index in [9.17, 15) is 18.0 Å². The molecule has 4 rings (SSSR count). The van der Waals surface area contributed by atoms with E-state index in [2.05, 4.69) is 5.32 Å². The lowest BCUT2D eigenvalue weighted by Gasteiger charge is -2.34. The molecule has 1 unspecified atom stereocenters. The van der Waals surface area contributed by atoms with Crippen LogP contribution in [0, 0.1) is 19.8 Å². The zero-order valence-electron chi connectivity index (χ0n) is 26.1. The molecule has 2 amide bonds. The van der Waals surface area contributed by atoms with Gasteiger partial charge in [0.15, 0.2) is 0 Å². The predicted molar refractivity (Wildman–Crippen MR) is 181 cm³/mol. The highest BCUT2D eigenvalue weighted by molar-refractivity contribution is 7.92. The first-order valence-corrected chi connectivity index (χ1v) is 16.8. The number of anilines is 1. The smallest absolute Gasteiger partial charge is 0.264 e. The van der Waals surface area contributed by atoms with Crippen LogP contribution in [0.1, 0.15) is 36.1 Å². The molecule has 0 radical (unpaired) electrons. The minimum atomic E-state index is -4.19. The summed E-state index contributed by atoms with van der Waals surface area (Å²) in [5.74, 6) is -0.624. The van der Waals surface area contributed by atoms with Crippen molar-refractivity contribution in [1.29, 1.82) is 0 Å². The van der Waals surface area contributed by atoms with Gasteiger partial charge in [0.05, 0.1) is 10.6 Å². The number of hydrogen-bond donors (Lipinski definition) is 1. The Kier molecular flexibility index (Phi) is 11.4. The van der Waals surface area contributed by atoms with Crippen molar-refractivity contribution in [2.45, 2.75) is 51.6 Å². The maximum Gasteiger partial charge on any atom is 0.264 e. The zero-order chi connectivity index (χ0) is 32.6. The predicted octanol–water partition coefficient (Wildman–Crippen LogP) is 6.56. The molecule has 1 N–H and O–H groups in total. The molecule has 7 nitrogen and oxygen atoms in total. The first-order valence-electron chi connectivity index (χ1n) is 15.0. The Morgan fingerprint density at radius 3 is 2.02 bits per heavy atom. The Morgan fingerprint density at radius 1 is 0.800 bits per heavy atom. The number of sulfonamides is 1. The van der Waals surface area contributed by atoms with Crippen molar-refractivity contribution in [3.63, 3.8) is 0 Å². The average Bonchev–Trinajstić information content (AvgIpc) is 3.01. The summed E-state index contributed by atoms with van der Waals surface area (Å²) in [6.07, 6.45) is 0.254. The molecule has 0 saturated heterocycles. The lowest BCUT2D eigenvalue weighted by atomic mass is 10.0. The topological polar surface area (TPSA) is 86.8 Å². The van der Waals surface area contributed by atoms with Crippen LogP contribution < -0.4 is 9.62 Å². The van der Waals surface area contributed by atoms with Gasteiger partial charge in [-0.3, -0.25) is 13.9 Å². The summed E-state index contributed by atoms with van der Waals surface area (Å²) in [5, 5.41) is 3.33. The van der Waals surface area contributed by atoms with Gasteiger partial charge in [-0.25, -0.2) is 8.42 Å². The third kappa shape index (κ3) is 9.19. The van der Waals surface area contributed by atoms with Crippen molar-refractivity contribution in [3.05, 3.63) is 130 Å². The zero-order valence-corrected chi connectivity index (χ0v) is 27.7. The third-order valence-electron chi connectivity index (χ3n) is 7.41. The maximum atomic E-state index is 14.5. The minimum Gasteiger partial charge on any atom is -0.354 e. The van der Waals surface area contributed by atoms with Gasteiger partial charge in [-0.05, 0) is 61.2 Å². The van der Waals surface area contributed by atoms with Crippen LogP contribution in [0.5, 0.6) is 0 Å². The number of aryl methyl sites for hydroxylation is 2. The molecule has 0 bridgehead atoms. The van der Waals surface area contributed by atoms with Crippen molar-refractivity contribution in [3.8, 4) is 0 Å². The summed E-state index contributed by atoms with van der Waals surface area (Å²) in [7, 11) is -4.19. The van der Waals surface area contributed by atoms with E-state index in [1.165, 1.54) is 23.1 Å². The highest BCUT2D eigenvalue weighted by atomic mass is 35.5. The van der Waals surface area contributed by atoms with Gasteiger partial charge in [-0.2, -0.15) is 0 Å². The van der Waals surface area contributed by atoms with Crippen molar-refractivity contribution in [2.75, 3.05) is 17.4 Å². The van der Waals surface area contributed by atoms with Crippen LogP contribution in [0.3, 0.4) is 0 Å². The fourth-order valence-electron chi connectivity index (χ4n) is 4.86. The average molecular weight is 646 g/mol. The van der Waals surface area contributed by atoms with Gasteiger partial charge >= 0.3 is 0 Å². The van der Waals surface area contributed by atoms with Crippen LogP contribution in [0.25, 0.3) is 0 Å². The molecule has 9 heteroatoms. The van der Waals surface area contributed by atoms with E-state index in [0.29, 0.717) is 11.6 Å². The molecule has 0 saturated carbocycles. The van der Waals surface area contributed by atoms with Gasteiger partial charge in [0, 0.05) is 24.5 Å². The highest BCUT2D eigenvalue weighted by Crippen LogP contribution is 2.27. The Labute approximate surface area is 271 Å². The molecule has 4 aromatic carbocycles. The SMILES string of the molecule is Cc1ccc(CN(C(=O)CN(c2cccc(Cl)c2)S(=O)(=O)c2ccc(C)cc2)C(Cc2ccccc2)C(=O)NCC(C)C)cc1. The van der Waals surface area contributed by atoms with E-state index in [4.69, 9.17) is 11.6 Å². The van der Waals surface area contributed by atoms with Gasteiger partial charge < -0.3 is 10.2 Å². The molecule has 0 aromatic heterocycles. The second kappa shape index (κ2) is 15.2. The van der Waals surface area contributed by atoms with Crippen LogP contribution in [-0.4, -0.2) is 44.3 Å². The molecule has 4 aromatic rings. The van der Waals surface area contributed by atoms with Gasteiger partial charge in [0.25, 0.3) is 10.0 Å². The summed E-state index contributed by atoms with van der Waals surface area (Å²) >= 11 is 6.30. The molecule has 236 valence electrons. The Morgan fingerprint density at radius 2 is 1.42 bits per heavy atom. The normalized spacial score (nSPS) is 12.0. The van der Waals surface area contributed by atoms with Crippen molar-refractivity contribution in [1.82, 2.24) is 10.2 Å². The number of hydrogen-bond acceptors (Lipinski definition) is 4. The number of nitrogens with one attached hydrogen (secondary N) is 1. The number of carbonyl (C=O) groups excluding carboxylic acids is 2. The molecular weight excluding hydrogens is 606 g/mol. The van der Waals surface area contributed by atoms with E-state index in [0.717, 1.165) is 26.6 Å². The largest absolute Gasteiger partial charge is 0.354 e. The van der Waals surface area contributed by atoms with E-state index in [1.54, 1.807) is 30.3 Å². The lowest BCUT2D eigenvalue weighted by Crippen LogP contribution is -2.53. The standard InChI is InChI=1S/C36H40ClN3O4S/c1-26(2)23-38-36(42)34(21-29-9-6-5-7-10-29)39(24-30-17-13-27(3)14-18-30)35(41)25-40(32-12-8-11-31(37)22-32)45(43,44)33-19-15-28(4)16-20-33/h5-20,22,26,34H,21,23-25H2,1-4H3,(H,38,42). The van der Waals surface area contributed by atoms with Gasteiger partial charge in [0.1, 0.15) is 12.6 Å². The molecule has 0 aliphatic rings. The fraction of sp³-hybridized carbons (Fsp3) is 0.278. The summed E-state index contributed by atoms with van der Waals surface area (Å²) in [6, 6.07) is 29.2. The molecule has 0 aliphatic heterocycles. The summed E-state index contributed by atoms with van der Waals surface area (Å²) < 4.78 is 29.3. The van der Waals surface area contributed by atoms with Crippen molar-refractivity contribution in [2.24, 2.45) is 5.92 Å². The molecule has 0 aliphatic carbocycles. The Bertz CT molecular complexity index is 1690. The van der Waals surface area contributed by atoms with Crippen molar-refractivity contribution >= 4 is 39.1 Å². The quantitative estimate of drug-likeness (QED) is 0.178. The summed E-state index contributed by atoms with van der Waals surface area (Å²) in [6.45, 7) is 7.86. The molecule has 0 fully saturated rings. The van der Waals surface area contributed by atoms with E-state index in [1.807, 2.05) is 82.3 Å². The highest BCUT2D eigenvalue weighted by Gasteiger charge is 2.34. The number of nitrogens with zero attached hydrogens (tertiary/aromatic N) is 2. The van der Waals surface area contributed by atoms with Gasteiger partial charge in [0.2, 0.25) is 11.8 Å². The number of rotatable bonds is 13. The van der Waals surface area contributed by atoms with E-state index >= 15 is 0 Å². The fourth-order valence-corrected chi connectivity index (χ4v) is 6.45. The monoisotopic (exact) mass is 645 g/mol. The number of benzene rings is 4. The van der Waals surface area contributed by atoms with Crippen LogP contribution in [0.15, 0.2) is 108 Å². The molecule has 45 heavy (non-hydrogen) atoms. The Hall–Kier alpha value is -4.14. The van der Waals surface area contributed by atoms with Crippen LogP contribution in [0.4, 0.5) is 5.69 Å². The molecule has 0 spiro atoms. The number of halogens is 1. The summed E-state index contributed by atoms with van der Waals surface area (Å²) in [4.78, 5) is 29.9. The van der Waals surface area contributed by atoms with Crippen LogP contribution >= 0.6 is 11.6 Å². The number of carbonyl (C=O) groups is 2. The second-order valence-corrected chi connectivity index (χ2v) is 14.0. The van der Waals surface area contributed by atoms with Gasteiger partial charge in [-0.15, -0.1) is 0 Å². The second-order valence-electron chi connectivity index (χ2n) is 11.7. The molecule has 0 heterocycles. The van der Waals surface area contributed by atoms with E-state index in [-0.39, 0.29) is 35.4 Å². The molecule has 1 atom stereocenters.